The summed E-state index contributed by atoms with van der Waals surface area (Å²) in [7, 11) is 0. The quantitative estimate of drug-likeness (QED) is 0.940. The molecular formula is C16H17N3O2S. The van der Waals surface area contributed by atoms with Crippen molar-refractivity contribution in [2.75, 3.05) is 16.8 Å². The van der Waals surface area contributed by atoms with Crippen LogP contribution in [0.4, 0.5) is 5.82 Å². The molecule has 22 heavy (non-hydrogen) atoms. The number of anilines is 1. The van der Waals surface area contributed by atoms with Gasteiger partial charge < -0.3 is 10.1 Å². The number of carbonyl (C=O) groups excluding carboxylic acids is 1. The number of aryl methyl sites for hydroxylation is 1. The molecule has 2 aromatic heterocycles. The van der Waals surface area contributed by atoms with Crippen LogP contribution in [0.15, 0.2) is 36.7 Å². The summed E-state index contributed by atoms with van der Waals surface area (Å²) in [5.41, 5.74) is 1.56. The first-order valence-corrected chi connectivity index (χ1v) is 8.30. The van der Waals surface area contributed by atoms with Crippen molar-refractivity contribution in [3.05, 3.63) is 47.8 Å². The van der Waals surface area contributed by atoms with Crippen molar-refractivity contribution in [2.24, 2.45) is 0 Å². The molecular weight excluding hydrogens is 298 g/mol. The summed E-state index contributed by atoms with van der Waals surface area (Å²) >= 11 is 1.87. The first kappa shape index (κ1) is 14.8. The van der Waals surface area contributed by atoms with E-state index in [1.807, 2.05) is 30.8 Å². The number of amides is 1. The van der Waals surface area contributed by atoms with Crippen LogP contribution in [0, 0.1) is 6.92 Å². The lowest BCUT2D eigenvalue weighted by molar-refractivity contribution is 0.102. The van der Waals surface area contributed by atoms with Gasteiger partial charge in [-0.3, -0.25) is 4.79 Å². The van der Waals surface area contributed by atoms with Crippen molar-refractivity contribution >= 4 is 23.5 Å². The molecule has 0 aliphatic carbocycles. The van der Waals surface area contributed by atoms with Crippen molar-refractivity contribution in [3.8, 4) is 5.88 Å². The standard InChI is InChI=1S/C16H17N3O2S/c1-11-2-5-17-14(8-11)19-16(20)12-3-6-18-15(9-12)21-13-4-7-22-10-13/h2-3,5-6,8-9,13H,4,7,10H2,1H3,(H,17,19,20). The topological polar surface area (TPSA) is 64.1 Å². The molecule has 114 valence electrons. The second-order valence-corrected chi connectivity index (χ2v) is 6.31. The average molecular weight is 315 g/mol. The maximum Gasteiger partial charge on any atom is 0.257 e. The Hall–Kier alpha value is -2.08. The highest BCUT2D eigenvalue weighted by atomic mass is 32.2. The third kappa shape index (κ3) is 3.76. The van der Waals surface area contributed by atoms with E-state index in [2.05, 4.69) is 15.3 Å². The van der Waals surface area contributed by atoms with Crippen LogP contribution in [0.25, 0.3) is 0 Å². The minimum absolute atomic E-state index is 0.189. The van der Waals surface area contributed by atoms with Gasteiger partial charge in [0, 0.05) is 29.8 Å². The van der Waals surface area contributed by atoms with Crippen LogP contribution < -0.4 is 10.1 Å². The van der Waals surface area contributed by atoms with Crippen molar-refractivity contribution in [1.82, 2.24) is 9.97 Å². The summed E-state index contributed by atoms with van der Waals surface area (Å²) in [5.74, 6) is 2.91. The molecule has 2 aromatic rings. The zero-order valence-corrected chi connectivity index (χ0v) is 13.1. The minimum Gasteiger partial charge on any atom is -0.473 e. The van der Waals surface area contributed by atoms with Crippen LogP contribution in [-0.4, -0.2) is 33.5 Å². The van der Waals surface area contributed by atoms with Gasteiger partial charge in [0.2, 0.25) is 5.88 Å². The number of nitrogens with zero attached hydrogens (tertiary/aromatic N) is 2. The van der Waals surface area contributed by atoms with Gasteiger partial charge in [-0.1, -0.05) is 0 Å². The Morgan fingerprint density at radius 1 is 1.32 bits per heavy atom. The second kappa shape index (κ2) is 6.79. The van der Waals surface area contributed by atoms with E-state index < -0.39 is 0 Å². The Balaban J connectivity index is 1.69. The van der Waals surface area contributed by atoms with E-state index in [4.69, 9.17) is 4.74 Å². The normalized spacial score (nSPS) is 17.2. The van der Waals surface area contributed by atoms with Crippen LogP contribution in [0.5, 0.6) is 5.88 Å². The van der Waals surface area contributed by atoms with Gasteiger partial charge in [-0.25, -0.2) is 9.97 Å². The number of carbonyl (C=O) groups is 1. The Labute approximate surface area is 133 Å². The number of hydrogen-bond donors (Lipinski definition) is 1. The van der Waals surface area contributed by atoms with Crippen molar-refractivity contribution in [1.29, 1.82) is 0 Å². The molecule has 1 aliphatic heterocycles. The van der Waals surface area contributed by atoms with E-state index in [0.717, 1.165) is 23.5 Å². The highest BCUT2D eigenvalue weighted by molar-refractivity contribution is 7.99. The smallest absolute Gasteiger partial charge is 0.257 e. The molecule has 0 radical (unpaired) electrons. The van der Waals surface area contributed by atoms with E-state index in [9.17, 15) is 4.79 Å². The van der Waals surface area contributed by atoms with Crippen molar-refractivity contribution < 1.29 is 9.53 Å². The number of thioether (sulfide) groups is 1. The van der Waals surface area contributed by atoms with Gasteiger partial charge in [0.25, 0.3) is 5.91 Å². The maximum absolute atomic E-state index is 12.3. The van der Waals surface area contributed by atoms with Crippen molar-refractivity contribution in [2.45, 2.75) is 19.4 Å². The largest absolute Gasteiger partial charge is 0.473 e. The average Bonchev–Trinajstić information content (AvgIpc) is 3.00. The summed E-state index contributed by atoms with van der Waals surface area (Å²) < 4.78 is 5.81. The predicted molar refractivity (Wildman–Crippen MR) is 87.5 cm³/mol. The van der Waals surface area contributed by atoms with E-state index in [-0.39, 0.29) is 12.0 Å². The maximum atomic E-state index is 12.3. The molecule has 0 bridgehead atoms. The van der Waals surface area contributed by atoms with Crippen LogP contribution in [0.3, 0.4) is 0 Å². The van der Waals surface area contributed by atoms with E-state index in [0.29, 0.717) is 17.3 Å². The number of hydrogen-bond acceptors (Lipinski definition) is 5. The molecule has 0 aromatic carbocycles. The van der Waals surface area contributed by atoms with E-state index in [1.54, 1.807) is 24.5 Å². The molecule has 3 rings (SSSR count). The van der Waals surface area contributed by atoms with Gasteiger partial charge in [0.05, 0.1) is 0 Å². The SMILES string of the molecule is Cc1ccnc(NC(=O)c2ccnc(OC3CCSC3)c2)c1. The Morgan fingerprint density at radius 3 is 2.95 bits per heavy atom. The van der Waals surface area contributed by atoms with Gasteiger partial charge in [0.15, 0.2) is 0 Å². The van der Waals surface area contributed by atoms with Crippen LogP contribution in [0.2, 0.25) is 0 Å². The molecule has 1 fully saturated rings. The summed E-state index contributed by atoms with van der Waals surface area (Å²) in [4.78, 5) is 20.6. The number of pyridine rings is 2. The summed E-state index contributed by atoms with van der Waals surface area (Å²) in [6.45, 7) is 1.95. The molecule has 1 amide bonds. The Bertz CT molecular complexity index is 672. The third-order valence-electron chi connectivity index (χ3n) is 3.33. The molecule has 0 spiro atoms. The highest BCUT2D eigenvalue weighted by Gasteiger charge is 2.18. The first-order chi connectivity index (χ1) is 10.7. The van der Waals surface area contributed by atoms with Crippen LogP contribution >= 0.6 is 11.8 Å². The van der Waals surface area contributed by atoms with Gasteiger partial charge in [0.1, 0.15) is 11.9 Å². The third-order valence-corrected chi connectivity index (χ3v) is 4.46. The fourth-order valence-corrected chi connectivity index (χ4v) is 3.28. The number of ether oxygens (including phenoxy) is 1. The van der Waals surface area contributed by atoms with Gasteiger partial charge in [-0.2, -0.15) is 11.8 Å². The molecule has 3 heterocycles. The van der Waals surface area contributed by atoms with Crippen LogP contribution in [0.1, 0.15) is 22.3 Å². The first-order valence-electron chi connectivity index (χ1n) is 7.15. The number of rotatable bonds is 4. The number of nitrogens with one attached hydrogen (secondary N) is 1. The lowest BCUT2D eigenvalue weighted by Crippen LogP contribution is -2.17. The molecule has 6 heteroatoms. The fraction of sp³-hybridized carbons (Fsp3) is 0.312. The predicted octanol–water partition coefficient (Wildman–Crippen LogP) is 2.92. The zero-order chi connectivity index (χ0) is 15.4. The Kier molecular flexibility index (Phi) is 4.58. The van der Waals surface area contributed by atoms with Crippen LogP contribution in [-0.2, 0) is 0 Å². The van der Waals surface area contributed by atoms with Gasteiger partial charge in [-0.05, 0) is 42.9 Å². The van der Waals surface area contributed by atoms with Crippen molar-refractivity contribution in [3.63, 3.8) is 0 Å². The minimum atomic E-state index is -0.217. The second-order valence-electron chi connectivity index (χ2n) is 5.16. The lowest BCUT2D eigenvalue weighted by atomic mass is 10.2. The molecule has 0 saturated carbocycles. The summed E-state index contributed by atoms with van der Waals surface area (Å²) in [6, 6.07) is 7.05. The molecule has 5 nitrogen and oxygen atoms in total. The zero-order valence-electron chi connectivity index (χ0n) is 12.3. The van der Waals surface area contributed by atoms with E-state index >= 15 is 0 Å². The fourth-order valence-electron chi connectivity index (χ4n) is 2.18. The summed E-state index contributed by atoms with van der Waals surface area (Å²) in [5, 5.41) is 2.78. The molecule has 1 N–H and O–H groups in total. The van der Waals surface area contributed by atoms with E-state index in [1.165, 1.54) is 0 Å². The molecule has 1 aliphatic rings. The lowest BCUT2D eigenvalue weighted by Gasteiger charge is -2.12. The summed E-state index contributed by atoms with van der Waals surface area (Å²) in [6.07, 6.45) is 4.48. The highest BCUT2D eigenvalue weighted by Crippen LogP contribution is 2.22. The Morgan fingerprint density at radius 2 is 2.18 bits per heavy atom. The molecule has 1 saturated heterocycles. The van der Waals surface area contributed by atoms with Gasteiger partial charge in [-0.15, -0.1) is 0 Å². The molecule has 1 unspecified atom stereocenters. The number of aromatic nitrogens is 2. The monoisotopic (exact) mass is 315 g/mol. The molecule has 1 atom stereocenters. The van der Waals surface area contributed by atoms with Gasteiger partial charge >= 0.3 is 0 Å².